The molecule has 1 aliphatic heterocycles. The molecule has 2 nitrogen and oxygen atoms in total. The smallest absolute Gasteiger partial charge is 0.407 e. The fourth-order valence-electron chi connectivity index (χ4n) is 2.58. The zero-order valence-electron chi connectivity index (χ0n) is 11.2. The average molecular weight is 293 g/mol. The molecule has 0 fully saturated rings. The molecule has 0 radical (unpaired) electrons. The summed E-state index contributed by atoms with van der Waals surface area (Å²) in [5, 5.41) is 2.53. The van der Waals surface area contributed by atoms with E-state index in [1.807, 2.05) is 18.2 Å². The van der Waals surface area contributed by atoms with Crippen LogP contribution in [0.2, 0.25) is 0 Å². The Morgan fingerprint density at radius 1 is 1.00 bits per heavy atom. The van der Waals surface area contributed by atoms with Gasteiger partial charge in [0.15, 0.2) is 0 Å². The molecule has 0 saturated carbocycles. The molecular weight excluding hydrogens is 279 g/mol. The van der Waals surface area contributed by atoms with Crippen LogP contribution < -0.4 is 10.1 Å². The van der Waals surface area contributed by atoms with E-state index in [-0.39, 0.29) is 12.1 Å². The van der Waals surface area contributed by atoms with Crippen molar-refractivity contribution < 1.29 is 17.9 Å². The highest BCUT2D eigenvalue weighted by atomic mass is 19.4. The molecule has 21 heavy (non-hydrogen) atoms. The number of rotatable bonds is 2. The molecule has 2 aromatic rings. The van der Waals surface area contributed by atoms with Crippen LogP contribution >= 0.6 is 0 Å². The second kappa shape index (κ2) is 5.41. The van der Waals surface area contributed by atoms with Gasteiger partial charge in [-0.05, 0) is 30.2 Å². The fraction of sp³-hybridized carbons (Fsp3) is 0.250. The minimum absolute atomic E-state index is 0.252. The van der Waals surface area contributed by atoms with Crippen molar-refractivity contribution >= 4 is 0 Å². The van der Waals surface area contributed by atoms with Gasteiger partial charge in [0.1, 0.15) is 17.5 Å². The summed E-state index contributed by atoms with van der Waals surface area (Å²) in [6, 6.07) is 12.3. The Labute approximate surface area is 120 Å². The zero-order valence-corrected chi connectivity index (χ0v) is 11.2. The molecule has 1 heterocycles. The Kier molecular flexibility index (Phi) is 3.59. The Morgan fingerprint density at radius 3 is 2.48 bits per heavy atom. The second-order valence-electron chi connectivity index (χ2n) is 4.92. The second-order valence-corrected chi connectivity index (χ2v) is 4.92. The lowest BCUT2D eigenvalue weighted by atomic mass is 9.93. The molecule has 5 heteroatoms. The van der Waals surface area contributed by atoms with Gasteiger partial charge in [-0.2, -0.15) is 13.2 Å². The minimum atomic E-state index is -4.31. The monoisotopic (exact) mass is 293 g/mol. The molecule has 0 saturated heterocycles. The van der Waals surface area contributed by atoms with Gasteiger partial charge in [-0.1, -0.05) is 30.3 Å². The van der Waals surface area contributed by atoms with Crippen molar-refractivity contribution in [2.75, 3.05) is 6.54 Å². The molecule has 0 amide bonds. The van der Waals surface area contributed by atoms with Gasteiger partial charge in [0.25, 0.3) is 0 Å². The van der Waals surface area contributed by atoms with E-state index in [9.17, 15) is 13.2 Å². The van der Waals surface area contributed by atoms with Gasteiger partial charge < -0.3 is 10.1 Å². The molecule has 0 spiro atoms. The Hall–Kier alpha value is -2.01. The molecule has 1 aliphatic rings. The number of alkyl halides is 3. The summed E-state index contributed by atoms with van der Waals surface area (Å²) in [6.45, 7) is 0.284. The summed E-state index contributed by atoms with van der Waals surface area (Å²) >= 11 is 0. The number of para-hydroxylation sites is 1. The average Bonchev–Trinajstić information content (AvgIpc) is 2.47. The molecule has 2 aromatic carbocycles. The first-order valence-corrected chi connectivity index (χ1v) is 6.70. The quantitative estimate of drug-likeness (QED) is 0.894. The Morgan fingerprint density at radius 2 is 1.76 bits per heavy atom. The normalized spacial score (nSPS) is 18.1. The van der Waals surface area contributed by atoms with Crippen LogP contribution in [0.3, 0.4) is 0 Å². The lowest BCUT2D eigenvalue weighted by Crippen LogP contribution is -2.39. The van der Waals surface area contributed by atoms with Gasteiger partial charge in [-0.25, -0.2) is 0 Å². The van der Waals surface area contributed by atoms with Gasteiger partial charge in [0.05, 0.1) is 0 Å². The van der Waals surface area contributed by atoms with Crippen molar-refractivity contribution in [3.05, 3.63) is 59.7 Å². The summed E-state index contributed by atoms with van der Waals surface area (Å²) in [7, 11) is 0. The maximum atomic E-state index is 13.1. The van der Waals surface area contributed by atoms with Crippen molar-refractivity contribution in [1.82, 2.24) is 5.32 Å². The van der Waals surface area contributed by atoms with Crippen molar-refractivity contribution in [1.29, 1.82) is 0 Å². The number of fused-ring (bicyclic) bond motifs is 1. The third kappa shape index (κ3) is 2.88. The maximum absolute atomic E-state index is 13.1. The number of nitrogens with one attached hydrogen (secondary N) is 1. The summed E-state index contributed by atoms with van der Waals surface area (Å²) in [5.74, 6) is 1.11. The van der Waals surface area contributed by atoms with Crippen molar-refractivity contribution in [2.45, 2.75) is 18.6 Å². The van der Waals surface area contributed by atoms with Crippen LogP contribution in [-0.2, 0) is 6.42 Å². The zero-order chi connectivity index (χ0) is 14.9. The molecule has 1 atom stereocenters. The number of hydrogen-bond donors (Lipinski definition) is 1. The van der Waals surface area contributed by atoms with Gasteiger partial charge >= 0.3 is 6.18 Å². The van der Waals surface area contributed by atoms with Crippen LogP contribution in [0.4, 0.5) is 13.2 Å². The van der Waals surface area contributed by atoms with Gasteiger partial charge in [0, 0.05) is 12.1 Å². The molecule has 1 unspecified atom stereocenters. The number of ether oxygens (including phenoxy) is 1. The molecule has 0 bridgehead atoms. The van der Waals surface area contributed by atoms with E-state index in [4.69, 9.17) is 4.74 Å². The number of hydrogen-bond acceptors (Lipinski definition) is 2. The molecule has 3 rings (SSSR count). The third-order valence-electron chi connectivity index (χ3n) is 3.50. The molecule has 110 valence electrons. The lowest BCUT2D eigenvalue weighted by molar-refractivity contribution is -0.158. The number of halogens is 3. The summed E-state index contributed by atoms with van der Waals surface area (Å²) < 4.78 is 45.0. The van der Waals surface area contributed by atoms with E-state index in [1.165, 1.54) is 6.07 Å². The topological polar surface area (TPSA) is 21.3 Å². The number of benzene rings is 2. The van der Waals surface area contributed by atoms with Gasteiger partial charge in [-0.3, -0.25) is 0 Å². The van der Waals surface area contributed by atoms with E-state index < -0.39 is 12.2 Å². The molecule has 0 aliphatic carbocycles. The van der Waals surface area contributed by atoms with Crippen LogP contribution in [0, 0.1) is 0 Å². The van der Waals surface area contributed by atoms with Crippen LogP contribution in [-0.4, -0.2) is 12.7 Å². The summed E-state index contributed by atoms with van der Waals surface area (Å²) in [6.07, 6.45) is -3.79. The van der Waals surface area contributed by atoms with Crippen molar-refractivity contribution in [3.8, 4) is 11.5 Å². The SMILES string of the molecule is FC(F)(F)C1NCCc2c(Oc3ccccc3)cccc21. The first-order valence-electron chi connectivity index (χ1n) is 6.70. The predicted molar refractivity (Wildman–Crippen MR) is 73.5 cm³/mol. The van der Waals surface area contributed by atoms with Crippen LogP contribution in [0.15, 0.2) is 48.5 Å². The van der Waals surface area contributed by atoms with Gasteiger partial charge in [-0.15, -0.1) is 0 Å². The molecule has 1 N–H and O–H groups in total. The highest BCUT2D eigenvalue weighted by molar-refractivity contribution is 5.46. The standard InChI is InChI=1S/C16H14F3NO/c17-16(18,19)15-13-7-4-8-14(12(13)9-10-20-15)21-11-5-2-1-3-6-11/h1-8,15,20H,9-10H2. The largest absolute Gasteiger partial charge is 0.457 e. The van der Waals surface area contributed by atoms with E-state index in [2.05, 4.69) is 5.32 Å². The fourth-order valence-corrected chi connectivity index (χ4v) is 2.58. The third-order valence-corrected chi connectivity index (χ3v) is 3.50. The Bertz CT molecular complexity index is 625. The van der Waals surface area contributed by atoms with Gasteiger partial charge in [0.2, 0.25) is 0 Å². The predicted octanol–water partition coefficient (Wildman–Crippen LogP) is 4.23. The first-order chi connectivity index (χ1) is 10.1. The highest BCUT2D eigenvalue weighted by Gasteiger charge is 2.43. The summed E-state index contributed by atoms with van der Waals surface area (Å²) in [5.41, 5.74) is 0.879. The molecular formula is C16H14F3NO. The molecule has 0 aromatic heterocycles. The van der Waals surface area contributed by atoms with Crippen LogP contribution in [0.1, 0.15) is 17.2 Å². The lowest BCUT2D eigenvalue weighted by Gasteiger charge is -2.29. The van der Waals surface area contributed by atoms with E-state index in [1.54, 1.807) is 24.3 Å². The van der Waals surface area contributed by atoms with Crippen molar-refractivity contribution in [3.63, 3.8) is 0 Å². The van der Waals surface area contributed by atoms with Crippen LogP contribution in [0.25, 0.3) is 0 Å². The van der Waals surface area contributed by atoms with E-state index >= 15 is 0 Å². The Balaban J connectivity index is 1.97. The van der Waals surface area contributed by atoms with Crippen molar-refractivity contribution in [2.24, 2.45) is 0 Å². The van der Waals surface area contributed by atoms with Crippen LogP contribution in [0.5, 0.6) is 11.5 Å². The van der Waals surface area contributed by atoms with E-state index in [0.29, 0.717) is 23.5 Å². The summed E-state index contributed by atoms with van der Waals surface area (Å²) in [4.78, 5) is 0. The van der Waals surface area contributed by atoms with E-state index in [0.717, 1.165) is 0 Å². The maximum Gasteiger partial charge on any atom is 0.407 e. The highest BCUT2D eigenvalue weighted by Crippen LogP contribution is 2.40. The first kappa shape index (κ1) is 13.9. The minimum Gasteiger partial charge on any atom is -0.457 e.